The molecule has 0 aromatic heterocycles. The van der Waals surface area contributed by atoms with E-state index in [0.29, 0.717) is 15.8 Å². The van der Waals surface area contributed by atoms with Gasteiger partial charge in [0.05, 0.1) is 11.4 Å². The molecular formula is C25H27ClN2O2S. The van der Waals surface area contributed by atoms with Crippen molar-refractivity contribution in [2.75, 3.05) is 11.4 Å². The molecule has 0 aliphatic carbocycles. The molecule has 2 amide bonds. The molecule has 0 radical (unpaired) electrons. The zero-order valence-corrected chi connectivity index (χ0v) is 19.9. The number of hydrogen-bond donors (Lipinski definition) is 0. The monoisotopic (exact) mass is 454 g/mol. The lowest BCUT2D eigenvalue weighted by molar-refractivity contribution is -0.123. The number of rotatable bonds is 4. The Morgan fingerprint density at radius 1 is 1.19 bits per heavy atom. The Kier molecular flexibility index (Phi) is 5.93. The summed E-state index contributed by atoms with van der Waals surface area (Å²) >= 11 is 7.20. The van der Waals surface area contributed by atoms with E-state index >= 15 is 0 Å². The van der Waals surface area contributed by atoms with E-state index in [9.17, 15) is 9.59 Å². The second-order valence-corrected chi connectivity index (χ2v) is 10.2. The van der Waals surface area contributed by atoms with Crippen LogP contribution in [0.15, 0.2) is 47.4 Å². The van der Waals surface area contributed by atoms with Crippen LogP contribution in [-0.2, 0) is 11.3 Å². The Morgan fingerprint density at radius 2 is 1.94 bits per heavy atom. The number of halogens is 1. The molecule has 6 heteroatoms. The van der Waals surface area contributed by atoms with Gasteiger partial charge in [0.25, 0.3) is 11.1 Å². The summed E-state index contributed by atoms with van der Waals surface area (Å²) in [7, 11) is 0. The average Bonchev–Trinajstić information content (AvgIpc) is 2.97. The highest BCUT2D eigenvalue weighted by atomic mass is 35.5. The number of imide groups is 1. The van der Waals surface area contributed by atoms with Crippen LogP contribution in [0.4, 0.5) is 10.5 Å². The van der Waals surface area contributed by atoms with Crippen molar-refractivity contribution in [3.63, 3.8) is 0 Å². The summed E-state index contributed by atoms with van der Waals surface area (Å²) in [6, 6.07) is 13.6. The number of fused-ring (bicyclic) bond motifs is 1. The summed E-state index contributed by atoms with van der Waals surface area (Å²) < 4.78 is 0. The first-order valence-corrected chi connectivity index (χ1v) is 11.8. The number of nitrogens with zero attached hydrogens (tertiary/aromatic N) is 2. The summed E-state index contributed by atoms with van der Waals surface area (Å²) in [5.41, 5.74) is 4.38. The third-order valence-electron chi connectivity index (χ3n) is 6.18. The van der Waals surface area contributed by atoms with Crippen molar-refractivity contribution in [2.45, 2.75) is 52.1 Å². The lowest BCUT2D eigenvalue weighted by atomic mass is 9.79. The highest BCUT2D eigenvalue weighted by molar-refractivity contribution is 8.18. The molecule has 0 spiro atoms. The minimum absolute atomic E-state index is 0.115. The first-order chi connectivity index (χ1) is 14.7. The molecule has 2 aliphatic rings. The molecule has 4 nitrogen and oxygen atoms in total. The number of anilines is 1. The lowest BCUT2D eigenvalue weighted by Crippen LogP contribution is -2.48. The molecule has 2 aromatic carbocycles. The minimum atomic E-state index is -0.267. The normalized spacial score (nSPS) is 21.7. The van der Waals surface area contributed by atoms with Gasteiger partial charge >= 0.3 is 0 Å². The molecule has 31 heavy (non-hydrogen) atoms. The van der Waals surface area contributed by atoms with Crippen LogP contribution in [0.3, 0.4) is 0 Å². The predicted octanol–water partition coefficient (Wildman–Crippen LogP) is 6.69. The maximum absolute atomic E-state index is 12.9. The van der Waals surface area contributed by atoms with E-state index in [0.717, 1.165) is 35.9 Å². The summed E-state index contributed by atoms with van der Waals surface area (Å²) in [5.74, 6) is 0.161. The van der Waals surface area contributed by atoms with Crippen LogP contribution < -0.4 is 4.90 Å². The Balaban J connectivity index is 1.61. The number of thioether (sulfide) groups is 1. The fourth-order valence-corrected chi connectivity index (χ4v) is 5.82. The van der Waals surface area contributed by atoms with Crippen LogP contribution in [0.5, 0.6) is 0 Å². The predicted molar refractivity (Wildman–Crippen MR) is 130 cm³/mol. The number of carbonyl (C=O) groups excluding carboxylic acids is 2. The van der Waals surface area contributed by atoms with Crippen molar-refractivity contribution in [1.29, 1.82) is 0 Å². The number of amides is 2. The zero-order chi connectivity index (χ0) is 22.3. The van der Waals surface area contributed by atoms with Crippen LogP contribution >= 0.6 is 23.4 Å². The van der Waals surface area contributed by atoms with E-state index in [2.05, 4.69) is 44.7 Å². The number of hydrogen-bond acceptors (Lipinski definition) is 4. The molecular weight excluding hydrogens is 428 g/mol. The first kappa shape index (κ1) is 22.0. The first-order valence-electron chi connectivity index (χ1n) is 10.6. The maximum atomic E-state index is 12.9. The highest BCUT2D eigenvalue weighted by Gasteiger charge is 2.37. The van der Waals surface area contributed by atoms with Crippen molar-refractivity contribution in [3.8, 4) is 0 Å². The number of carbonyl (C=O) groups is 2. The molecule has 4 rings (SSSR count). The fraction of sp³-hybridized carbons (Fsp3) is 0.360. The van der Waals surface area contributed by atoms with Gasteiger partial charge in [-0.05, 0) is 85.8 Å². The Morgan fingerprint density at radius 3 is 2.65 bits per heavy atom. The van der Waals surface area contributed by atoms with Gasteiger partial charge in [-0.25, -0.2) is 0 Å². The molecule has 0 saturated carbocycles. The minimum Gasteiger partial charge on any atom is -0.366 e. The van der Waals surface area contributed by atoms with E-state index in [1.807, 2.05) is 30.3 Å². The second kappa shape index (κ2) is 8.36. The third-order valence-corrected chi connectivity index (χ3v) is 7.46. The second-order valence-electron chi connectivity index (χ2n) is 8.84. The lowest BCUT2D eigenvalue weighted by Gasteiger charge is -2.47. The molecule has 1 saturated heterocycles. The van der Waals surface area contributed by atoms with Crippen LogP contribution in [0.1, 0.15) is 56.7 Å². The van der Waals surface area contributed by atoms with E-state index < -0.39 is 0 Å². The van der Waals surface area contributed by atoms with Crippen LogP contribution in [0, 0.1) is 0 Å². The van der Waals surface area contributed by atoms with E-state index in [1.54, 1.807) is 6.07 Å². The van der Waals surface area contributed by atoms with Gasteiger partial charge in [0.15, 0.2) is 0 Å². The third kappa shape index (κ3) is 4.13. The summed E-state index contributed by atoms with van der Waals surface area (Å²) in [6.07, 6.45) is 2.91. The van der Waals surface area contributed by atoms with E-state index in [-0.39, 0.29) is 23.2 Å². The van der Waals surface area contributed by atoms with E-state index in [1.165, 1.54) is 16.2 Å². The standard InChI is InChI=1S/C25H27ClN2O2S/c1-5-28-21-11-10-17(12-19(21)16(2)14-25(28,3)4)13-22-23(29)27(24(30)31-22)15-18-8-6-7-9-20(18)26/h6-13,16H,5,14-15H2,1-4H3/b22-13-. The molecule has 2 aliphatic heterocycles. The van der Waals surface area contributed by atoms with Gasteiger partial charge in [-0.15, -0.1) is 0 Å². The summed E-state index contributed by atoms with van der Waals surface area (Å²) in [5, 5.41) is 0.291. The van der Waals surface area contributed by atoms with Gasteiger partial charge in [0.1, 0.15) is 0 Å². The Hall–Kier alpha value is -2.24. The fourth-order valence-electron chi connectivity index (χ4n) is 4.78. The molecule has 1 atom stereocenters. The largest absolute Gasteiger partial charge is 0.366 e. The van der Waals surface area contributed by atoms with Crippen molar-refractivity contribution in [1.82, 2.24) is 4.90 Å². The van der Waals surface area contributed by atoms with Gasteiger partial charge < -0.3 is 4.90 Å². The molecule has 0 N–H and O–H groups in total. The van der Waals surface area contributed by atoms with Gasteiger partial charge in [0.2, 0.25) is 0 Å². The van der Waals surface area contributed by atoms with Gasteiger partial charge in [0, 0.05) is 22.8 Å². The molecule has 162 valence electrons. The Bertz CT molecular complexity index is 1080. The van der Waals surface area contributed by atoms with E-state index in [4.69, 9.17) is 11.6 Å². The van der Waals surface area contributed by atoms with Crippen molar-refractivity contribution in [2.24, 2.45) is 0 Å². The van der Waals surface area contributed by atoms with Gasteiger partial charge in [-0.2, -0.15) is 0 Å². The van der Waals surface area contributed by atoms with Gasteiger partial charge in [-0.1, -0.05) is 42.8 Å². The topological polar surface area (TPSA) is 40.6 Å². The summed E-state index contributed by atoms with van der Waals surface area (Å²) in [6.45, 7) is 10.2. The number of benzene rings is 2. The van der Waals surface area contributed by atoms with Crippen molar-refractivity contribution < 1.29 is 9.59 Å². The van der Waals surface area contributed by atoms with Crippen molar-refractivity contribution in [3.05, 3.63) is 69.1 Å². The molecule has 2 aromatic rings. The highest BCUT2D eigenvalue weighted by Crippen LogP contribution is 2.44. The van der Waals surface area contributed by atoms with Crippen LogP contribution in [0.25, 0.3) is 6.08 Å². The quantitative estimate of drug-likeness (QED) is 0.482. The SMILES string of the molecule is CCN1c2ccc(/C=C3\SC(=O)N(Cc4ccccc4Cl)C3=O)cc2C(C)CC1(C)C. The van der Waals surface area contributed by atoms with Crippen LogP contribution in [0.2, 0.25) is 5.02 Å². The maximum Gasteiger partial charge on any atom is 0.293 e. The molecule has 1 fully saturated rings. The zero-order valence-electron chi connectivity index (χ0n) is 18.3. The molecule has 1 unspecified atom stereocenters. The summed E-state index contributed by atoms with van der Waals surface area (Å²) in [4.78, 5) is 29.6. The molecule has 0 bridgehead atoms. The average molecular weight is 455 g/mol. The Labute approximate surface area is 193 Å². The van der Waals surface area contributed by atoms with Crippen LogP contribution in [-0.4, -0.2) is 28.1 Å². The molecule has 2 heterocycles. The van der Waals surface area contributed by atoms with Gasteiger partial charge in [-0.3, -0.25) is 14.5 Å². The van der Waals surface area contributed by atoms with Crippen molar-refractivity contribution >= 4 is 46.3 Å². The smallest absolute Gasteiger partial charge is 0.293 e.